The molecule has 5 nitrogen and oxygen atoms in total. The van der Waals surface area contributed by atoms with Gasteiger partial charge >= 0.3 is 5.97 Å². The van der Waals surface area contributed by atoms with E-state index >= 15 is 0 Å². The molecule has 0 saturated heterocycles. The van der Waals surface area contributed by atoms with Crippen molar-refractivity contribution in [3.8, 4) is 16.4 Å². The highest BCUT2D eigenvalue weighted by atomic mass is 79.9. The quantitative estimate of drug-likeness (QED) is 0.786. The van der Waals surface area contributed by atoms with Crippen molar-refractivity contribution in [2.24, 2.45) is 0 Å². The molecule has 0 fully saturated rings. The van der Waals surface area contributed by atoms with Gasteiger partial charge in [0.2, 0.25) is 0 Å². The second kappa shape index (κ2) is 5.18. The lowest BCUT2D eigenvalue weighted by Crippen LogP contribution is -1.97. The Kier molecular flexibility index (Phi) is 3.37. The number of aromatic carboxylic acids is 1. The summed E-state index contributed by atoms with van der Waals surface area (Å²) in [5.74, 6) is -0.427. The van der Waals surface area contributed by atoms with E-state index in [1.54, 1.807) is 18.3 Å². The molecule has 0 aliphatic carbocycles. The van der Waals surface area contributed by atoms with Crippen LogP contribution in [0.2, 0.25) is 0 Å². The molecule has 0 bridgehead atoms. The number of carbonyl (C=O) groups is 1. The lowest BCUT2D eigenvalue weighted by Gasteiger charge is -1.97. The molecule has 3 rings (SSSR count). The third kappa shape index (κ3) is 2.37. The van der Waals surface area contributed by atoms with E-state index in [4.69, 9.17) is 0 Å². The average molecular weight is 350 g/mol. The molecule has 7 heteroatoms. The Labute approximate surface area is 126 Å². The Bertz CT molecular complexity index is 767. The lowest BCUT2D eigenvalue weighted by atomic mass is 10.2. The summed E-state index contributed by atoms with van der Waals surface area (Å²) in [7, 11) is 0. The highest BCUT2D eigenvalue weighted by Crippen LogP contribution is 2.32. The Morgan fingerprint density at radius 1 is 1.30 bits per heavy atom. The molecule has 3 aromatic rings. The summed E-state index contributed by atoms with van der Waals surface area (Å²) in [5, 5.41) is 13.7. The average Bonchev–Trinajstić information content (AvgIpc) is 3.05. The molecule has 0 aromatic carbocycles. The summed E-state index contributed by atoms with van der Waals surface area (Å²) in [4.78, 5) is 16.3. The first-order chi connectivity index (χ1) is 9.65. The van der Waals surface area contributed by atoms with E-state index in [9.17, 15) is 9.90 Å². The van der Waals surface area contributed by atoms with Crippen molar-refractivity contribution >= 4 is 33.2 Å². The van der Waals surface area contributed by atoms with Gasteiger partial charge in [-0.3, -0.25) is 0 Å². The molecular formula is C13H8BrN3O2S. The van der Waals surface area contributed by atoms with Crippen LogP contribution in [0.3, 0.4) is 0 Å². The number of hydrogen-bond acceptors (Lipinski definition) is 4. The fourth-order valence-corrected chi connectivity index (χ4v) is 3.15. The minimum atomic E-state index is -1.01. The summed E-state index contributed by atoms with van der Waals surface area (Å²) in [6.07, 6.45) is 3.12. The zero-order valence-electron chi connectivity index (χ0n) is 10.0. The maximum atomic E-state index is 11.4. The second-order valence-corrected chi connectivity index (χ2v) is 6.40. The second-order valence-electron chi connectivity index (χ2n) is 3.93. The van der Waals surface area contributed by atoms with Crippen molar-refractivity contribution in [1.29, 1.82) is 0 Å². The van der Waals surface area contributed by atoms with E-state index in [2.05, 4.69) is 26.0 Å². The van der Waals surface area contributed by atoms with E-state index < -0.39 is 5.97 Å². The molecular weight excluding hydrogens is 342 g/mol. The molecule has 0 spiro atoms. The van der Waals surface area contributed by atoms with Crippen LogP contribution in [0.5, 0.6) is 0 Å². The van der Waals surface area contributed by atoms with Gasteiger partial charge in [0.05, 0.1) is 8.66 Å². The number of carboxylic acids is 1. The molecule has 0 radical (unpaired) electrons. The third-order valence-electron chi connectivity index (χ3n) is 2.64. The van der Waals surface area contributed by atoms with Gasteiger partial charge in [-0.2, -0.15) is 5.10 Å². The highest BCUT2D eigenvalue weighted by molar-refractivity contribution is 9.11. The highest BCUT2D eigenvalue weighted by Gasteiger charge is 2.19. The number of aromatic nitrogens is 3. The SMILES string of the molecule is O=C(O)c1cn(-c2ccccn2)nc1-c1ccc(Br)s1. The van der Waals surface area contributed by atoms with E-state index in [1.165, 1.54) is 22.2 Å². The molecule has 0 saturated carbocycles. The number of thiophene rings is 1. The van der Waals surface area contributed by atoms with Gasteiger partial charge < -0.3 is 5.11 Å². The normalized spacial score (nSPS) is 10.7. The molecule has 20 heavy (non-hydrogen) atoms. The first-order valence-electron chi connectivity index (χ1n) is 5.65. The zero-order valence-corrected chi connectivity index (χ0v) is 12.4. The van der Waals surface area contributed by atoms with E-state index in [0.717, 1.165) is 8.66 Å². The molecule has 100 valence electrons. The maximum absolute atomic E-state index is 11.4. The summed E-state index contributed by atoms with van der Waals surface area (Å²) < 4.78 is 2.41. The Balaban J connectivity index is 2.15. The van der Waals surface area contributed by atoms with E-state index in [1.807, 2.05) is 18.2 Å². The molecule has 0 aliphatic rings. The number of halogens is 1. The van der Waals surface area contributed by atoms with Crippen LogP contribution in [0.4, 0.5) is 0 Å². The van der Waals surface area contributed by atoms with Crippen molar-refractivity contribution in [2.75, 3.05) is 0 Å². The molecule has 3 aromatic heterocycles. The first kappa shape index (κ1) is 13.0. The van der Waals surface area contributed by atoms with Gasteiger partial charge in [0.25, 0.3) is 0 Å². The van der Waals surface area contributed by atoms with Gasteiger partial charge in [-0.15, -0.1) is 11.3 Å². The third-order valence-corrected chi connectivity index (χ3v) is 4.27. The molecule has 0 atom stereocenters. The molecule has 0 unspecified atom stereocenters. The minimum absolute atomic E-state index is 0.157. The predicted octanol–water partition coefficient (Wildman–Crippen LogP) is 3.46. The number of carboxylic acid groups (broad SMARTS) is 1. The van der Waals surface area contributed by atoms with Gasteiger partial charge in [0.15, 0.2) is 5.82 Å². The van der Waals surface area contributed by atoms with Crippen LogP contribution in [-0.2, 0) is 0 Å². The zero-order chi connectivity index (χ0) is 14.1. The fourth-order valence-electron chi connectivity index (χ4n) is 1.76. The smallest absolute Gasteiger partial charge is 0.339 e. The number of rotatable bonds is 3. The number of hydrogen-bond donors (Lipinski definition) is 1. The van der Waals surface area contributed by atoms with Crippen LogP contribution in [0.25, 0.3) is 16.4 Å². The van der Waals surface area contributed by atoms with E-state index in [0.29, 0.717) is 11.5 Å². The Morgan fingerprint density at radius 2 is 2.15 bits per heavy atom. The molecule has 1 N–H and O–H groups in total. The maximum Gasteiger partial charge on any atom is 0.339 e. The van der Waals surface area contributed by atoms with Gasteiger partial charge in [0, 0.05) is 12.4 Å². The van der Waals surface area contributed by atoms with Crippen molar-refractivity contribution in [2.45, 2.75) is 0 Å². The monoisotopic (exact) mass is 349 g/mol. The van der Waals surface area contributed by atoms with Crippen LogP contribution in [0.15, 0.2) is 46.5 Å². The summed E-state index contributed by atoms with van der Waals surface area (Å²) in [6, 6.07) is 9.10. The van der Waals surface area contributed by atoms with E-state index in [-0.39, 0.29) is 5.56 Å². The number of pyridine rings is 1. The molecule has 3 heterocycles. The van der Waals surface area contributed by atoms with Crippen LogP contribution < -0.4 is 0 Å². The summed E-state index contributed by atoms with van der Waals surface area (Å²) >= 11 is 4.80. The van der Waals surface area contributed by atoms with Gasteiger partial charge in [-0.1, -0.05) is 6.07 Å². The number of nitrogens with zero attached hydrogens (tertiary/aromatic N) is 3. The Hall–Kier alpha value is -1.99. The first-order valence-corrected chi connectivity index (χ1v) is 7.26. The molecule has 0 aliphatic heterocycles. The largest absolute Gasteiger partial charge is 0.478 e. The predicted molar refractivity (Wildman–Crippen MR) is 79.3 cm³/mol. The van der Waals surface area contributed by atoms with Crippen molar-refractivity contribution in [3.05, 3.63) is 52.1 Å². The minimum Gasteiger partial charge on any atom is -0.478 e. The van der Waals surface area contributed by atoms with Crippen molar-refractivity contribution in [3.63, 3.8) is 0 Å². The van der Waals surface area contributed by atoms with Crippen LogP contribution in [0, 0.1) is 0 Å². The summed E-state index contributed by atoms with van der Waals surface area (Å²) in [6.45, 7) is 0. The standard InChI is InChI=1S/C13H8BrN3O2S/c14-10-5-4-9(20-10)12-8(13(18)19)7-17(16-12)11-3-1-2-6-15-11/h1-7H,(H,18,19). The van der Waals surface area contributed by atoms with Crippen molar-refractivity contribution in [1.82, 2.24) is 14.8 Å². The lowest BCUT2D eigenvalue weighted by molar-refractivity contribution is 0.0697. The fraction of sp³-hybridized carbons (Fsp3) is 0. The Morgan fingerprint density at radius 3 is 2.75 bits per heavy atom. The van der Waals surface area contributed by atoms with Gasteiger partial charge in [0.1, 0.15) is 11.3 Å². The van der Waals surface area contributed by atoms with Gasteiger partial charge in [-0.25, -0.2) is 14.5 Å². The van der Waals surface area contributed by atoms with Crippen LogP contribution in [-0.4, -0.2) is 25.8 Å². The topological polar surface area (TPSA) is 68.0 Å². The van der Waals surface area contributed by atoms with Gasteiger partial charge in [-0.05, 0) is 40.2 Å². The van der Waals surface area contributed by atoms with Crippen molar-refractivity contribution < 1.29 is 9.90 Å². The molecule has 0 amide bonds. The summed E-state index contributed by atoms with van der Waals surface area (Å²) in [5.41, 5.74) is 0.601. The van der Waals surface area contributed by atoms with Crippen LogP contribution >= 0.6 is 27.3 Å². The van der Waals surface area contributed by atoms with Crippen LogP contribution in [0.1, 0.15) is 10.4 Å².